The molecule has 1 aliphatic heterocycles. The highest BCUT2D eigenvalue weighted by atomic mass is 32.2. The minimum atomic E-state index is -0.345. The van der Waals surface area contributed by atoms with Crippen LogP contribution in [0.3, 0.4) is 0 Å². The average Bonchev–Trinajstić information content (AvgIpc) is 2.61. The van der Waals surface area contributed by atoms with Gasteiger partial charge in [0.15, 0.2) is 0 Å². The van der Waals surface area contributed by atoms with E-state index in [0.29, 0.717) is 5.69 Å². The number of hydrogen-bond donors (Lipinski definition) is 2. The van der Waals surface area contributed by atoms with E-state index in [1.165, 1.54) is 36.0 Å². The molecule has 1 aromatic carbocycles. The Labute approximate surface area is 146 Å². The molecule has 0 radical (unpaired) electrons. The average molecular weight is 353 g/mol. The van der Waals surface area contributed by atoms with Crippen molar-refractivity contribution in [1.29, 1.82) is 0 Å². The summed E-state index contributed by atoms with van der Waals surface area (Å²) in [7, 11) is 1.84. The molecule has 1 aromatic rings. The predicted octanol–water partition coefficient (Wildman–Crippen LogP) is 2.10. The van der Waals surface area contributed by atoms with E-state index >= 15 is 0 Å². The van der Waals surface area contributed by atoms with Crippen molar-refractivity contribution in [3.63, 3.8) is 0 Å². The van der Waals surface area contributed by atoms with Gasteiger partial charge < -0.3 is 15.5 Å². The van der Waals surface area contributed by atoms with Crippen LogP contribution in [-0.4, -0.2) is 53.9 Å². The number of piperidine rings is 1. The molecule has 0 saturated carbocycles. The molecule has 1 heterocycles. The second kappa shape index (κ2) is 9.03. The van der Waals surface area contributed by atoms with Crippen LogP contribution in [0.1, 0.15) is 19.8 Å². The minimum Gasteiger partial charge on any atom is -0.342 e. The Kier molecular flexibility index (Phi) is 7.05. The molecule has 1 aliphatic rings. The van der Waals surface area contributed by atoms with Gasteiger partial charge in [-0.3, -0.25) is 9.59 Å². The molecular weight excluding hydrogens is 329 g/mol. The van der Waals surface area contributed by atoms with Gasteiger partial charge in [-0.1, -0.05) is 0 Å². The first-order valence-corrected chi connectivity index (χ1v) is 9.16. The first-order valence-electron chi connectivity index (χ1n) is 8.12. The number of carbonyl (C=O) groups is 2. The van der Waals surface area contributed by atoms with Gasteiger partial charge in [-0.25, -0.2) is 4.39 Å². The highest BCUT2D eigenvalue weighted by Crippen LogP contribution is 2.18. The van der Waals surface area contributed by atoms with Gasteiger partial charge in [-0.15, -0.1) is 11.8 Å². The van der Waals surface area contributed by atoms with Gasteiger partial charge in [-0.2, -0.15) is 0 Å². The zero-order valence-electron chi connectivity index (χ0n) is 14.0. The van der Waals surface area contributed by atoms with Crippen molar-refractivity contribution in [2.75, 3.05) is 31.2 Å². The number of rotatable bonds is 6. The molecule has 0 aromatic heterocycles. The van der Waals surface area contributed by atoms with Crippen molar-refractivity contribution in [2.45, 2.75) is 31.1 Å². The Bertz CT molecular complexity index is 561. The largest absolute Gasteiger partial charge is 0.342 e. The maximum absolute atomic E-state index is 12.8. The Morgan fingerprint density at radius 2 is 1.96 bits per heavy atom. The molecule has 132 valence electrons. The molecule has 1 atom stereocenters. The van der Waals surface area contributed by atoms with Crippen LogP contribution >= 0.6 is 11.8 Å². The van der Waals surface area contributed by atoms with E-state index in [-0.39, 0.29) is 34.7 Å². The zero-order chi connectivity index (χ0) is 17.5. The second-order valence-corrected chi connectivity index (χ2v) is 7.27. The third-order valence-electron chi connectivity index (χ3n) is 4.14. The molecule has 1 saturated heterocycles. The molecule has 0 spiro atoms. The summed E-state index contributed by atoms with van der Waals surface area (Å²) in [6.45, 7) is 3.70. The summed E-state index contributed by atoms with van der Waals surface area (Å²) < 4.78 is 12.8. The molecule has 2 rings (SSSR count). The second-order valence-electron chi connectivity index (χ2n) is 5.94. The van der Waals surface area contributed by atoms with Gasteiger partial charge in [0.2, 0.25) is 11.8 Å². The van der Waals surface area contributed by atoms with Gasteiger partial charge in [0.1, 0.15) is 5.82 Å². The lowest BCUT2D eigenvalue weighted by Crippen LogP contribution is -2.46. The van der Waals surface area contributed by atoms with Crippen LogP contribution in [0.4, 0.5) is 10.1 Å². The number of halogens is 1. The van der Waals surface area contributed by atoms with E-state index in [0.717, 1.165) is 25.9 Å². The molecule has 2 N–H and O–H groups in total. The van der Waals surface area contributed by atoms with Crippen LogP contribution in [0.5, 0.6) is 0 Å². The van der Waals surface area contributed by atoms with Crippen LogP contribution in [0, 0.1) is 5.82 Å². The van der Waals surface area contributed by atoms with E-state index in [9.17, 15) is 14.0 Å². The van der Waals surface area contributed by atoms with Crippen molar-refractivity contribution in [2.24, 2.45) is 0 Å². The highest BCUT2D eigenvalue weighted by Gasteiger charge is 2.26. The topological polar surface area (TPSA) is 61.4 Å². The van der Waals surface area contributed by atoms with Crippen LogP contribution in [0.15, 0.2) is 24.3 Å². The molecule has 2 amide bonds. The number of thioether (sulfide) groups is 1. The van der Waals surface area contributed by atoms with E-state index in [1.54, 1.807) is 0 Å². The van der Waals surface area contributed by atoms with Crippen LogP contribution in [0.2, 0.25) is 0 Å². The third kappa shape index (κ3) is 5.49. The van der Waals surface area contributed by atoms with Crippen LogP contribution in [-0.2, 0) is 9.59 Å². The fourth-order valence-electron chi connectivity index (χ4n) is 2.66. The van der Waals surface area contributed by atoms with E-state index in [1.807, 2.05) is 18.9 Å². The SMILES string of the molecule is CC(SCC(=O)Nc1ccc(F)cc1)C(=O)N(C)C1CCNCC1. The number of carbonyl (C=O) groups excluding carboxylic acids is 2. The van der Waals surface area contributed by atoms with E-state index in [4.69, 9.17) is 0 Å². The summed E-state index contributed by atoms with van der Waals surface area (Å²) >= 11 is 1.31. The molecule has 0 aliphatic carbocycles. The Hall–Kier alpha value is -1.60. The Morgan fingerprint density at radius 1 is 1.33 bits per heavy atom. The number of hydrogen-bond acceptors (Lipinski definition) is 4. The monoisotopic (exact) mass is 353 g/mol. The molecule has 24 heavy (non-hydrogen) atoms. The first kappa shape index (κ1) is 18.7. The molecule has 1 unspecified atom stereocenters. The summed E-state index contributed by atoms with van der Waals surface area (Å²) in [5, 5.41) is 5.71. The summed E-state index contributed by atoms with van der Waals surface area (Å²) in [6.07, 6.45) is 1.93. The van der Waals surface area contributed by atoms with Crippen LogP contribution < -0.4 is 10.6 Å². The number of benzene rings is 1. The molecule has 5 nitrogen and oxygen atoms in total. The maximum atomic E-state index is 12.8. The van der Waals surface area contributed by atoms with Gasteiger partial charge in [-0.05, 0) is 57.1 Å². The number of anilines is 1. The van der Waals surface area contributed by atoms with Crippen molar-refractivity contribution in [1.82, 2.24) is 10.2 Å². The number of nitrogens with zero attached hydrogens (tertiary/aromatic N) is 1. The summed E-state index contributed by atoms with van der Waals surface area (Å²) in [6, 6.07) is 5.88. The lowest BCUT2D eigenvalue weighted by molar-refractivity contribution is -0.131. The fourth-order valence-corrected chi connectivity index (χ4v) is 3.45. The van der Waals surface area contributed by atoms with Crippen LogP contribution in [0.25, 0.3) is 0 Å². The first-order chi connectivity index (χ1) is 11.5. The highest BCUT2D eigenvalue weighted by molar-refractivity contribution is 8.01. The van der Waals surface area contributed by atoms with Gasteiger partial charge in [0.05, 0.1) is 11.0 Å². The maximum Gasteiger partial charge on any atom is 0.235 e. The number of amides is 2. The normalized spacial score (nSPS) is 16.5. The Morgan fingerprint density at radius 3 is 2.58 bits per heavy atom. The summed E-state index contributed by atoms with van der Waals surface area (Å²) in [5.74, 6) is -0.301. The molecule has 0 bridgehead atoms. The quantitative estimate of drug-likeness (QED) is 0.822. The summed E-state index contributed by atoms with van der Waals surface area (Å²) in [5.41, 5.74) is 0.549. The lowest BCUT2D eigenvalue weighted by Gasteiger charge is -2.33. The molecule has 7 heteroatoms. The zero-order valence-corrected chi connectivity index (χ0v) is 14.9. The van der Waals surface area contributed by atoms with E-state index in [2.05, 4.69) is 10.6 Å². The summed E-state index contributed by atoms with van der Waals surface area (Å²) in [4.78, 5) is 26.2. The number of nitrogens with one attached hydrogen (secondary N) is 2. The van der Waals surface area contributed by atoms with E-state index < -0.39 is 0 Å². The lowest BCUT2D eigenvalue weighted by atomic mass is 10.1. The van der Waals surface area contributed by atoms with Crippen molar-refractivity contribution >= 4 is 29.3 Å². The van der Waals surface area contributed by atoms with Crippen molar-refractivity contribution in [3.8, 4) is 0 Å². The minimum absolute atomic E-state index is 0.0569. The van der Waals surface area contributed by atoms with Gasteiger partial charge in [0, 0.05) is 18.8 Å². The smallest absolute Gasteiger partial charge is 0.235 e. The molecular formula is C17H24FN3O2S. The van der Waals surface area contributed by atoms with Gasteiger partial charge in [0.25, 0.3) is 0 Å². The van der Waals surface area contributed by atoms with Gasteiger partial charge >= 0.3 is 0 Å². The molecule has 1 fully saturated rings. The fraction of sp³-hybridized carbons (Fsp3) is 0.529. The Balaban J connectivity index is 1.76. The predicted molar refractivity (Wildman–Crippen MR) is 95.6 cm³/mol. The standard InChI is InChI=1S/C17H24FN3O2S/c1-12(17(23)21(2)15-7-9-19-10-8-15)24-11-16(22)20-14-5-3-13(18)4-6-14/h3-6,12,15,19H,7-11H2,1-2H3,(H,20,22). The third-order valence-corrected chi connectivity index (χ3v) is 5.27. The van der Waals surface area contributed by atoms with Crippen molar-refractivity contribution in [3.05, 3.63) is 30.1 Å². The van der Waals surface area contributed by atoms with Crippen molar-refractivity contribution < 1.29 is 14.0 Å².